The van der Waals surface area contributed by atoms with Crippen molar-refractivity contribution in [2.24, 2.45) is 10.4 Å². The highest BCUT2D eigenvalue weighted by Crippen LogP contribution is 2.32. The lowest BCUT2D eigenvalue weighted by molar-refractivity contribution is -0.153. The van der Waals surface area contributed by atoms with Crippen LogP contribution in [-0.4, -0.2) is 49.1 Å². The summed E-state index contributed by atoms with van der Waals surface area (Å²) in [5, 5.41) is 3.10. The van der Waals surface area contributed by atoms with Gasteiger partial charge in [-0.3, -0.25) is 9.79 Å². The van der Waals surface area contributed by atoms with Gasteiger partial charge in [-0.25, -0.2) is 0 Å². The Hall–Kier alpha value is -1.26. The summed E-state index contributed by atoms with van der Waals surface area (Å²) < 4.78 is 5.28. The van der Waals surface area contributed by atoms with E-state index in [0.29, 0.717) is 5.41 Å². The van der Waals surface area contributed by atoms with E-state index < -0.39 is 5.60 Å². The van der Waals surface area contributed by atoms with E-state index in [-0.39, 0.29) is 12.5 Å². The summed E-state index contributed by atoms with van der Waals surface area (Å²) in [6.45, 7) is 12.3. The molecule has 0 saturated carbocycles. The lowest BCUT2D eigenvalue weighted by atomic mass is 9.87. The fourth-order valence-electron chi connectivity index (χ4n) is 2.35. The Morgan fingerprint density at radius 2 is 2.10 bits per heavy atom. The molecule has 1 aliphatic rings. The topological polar surface area (TPSA) is 53.9 Å². The van der Waals surface area contributed by atoms with Crippen LogP contribution in [0.15, 0.2) is 4.99 Å². The number of ether oxygens (including phenoxy) is 1. The molecule has 0 amide bonds. The second kappa shape index (κ2) is 6.46. The first kappa shape index (κ1) is 16.8. The minimum atomic E-state index is -0.448. The third-order valence-electron chi connectivity index (χ3n) is 3.73. The first-order valence-electron chi connectivity index (χ1n) is 7.36. The van der Waals surface area contributed by atoms with E-state index in [2.05, 4.69) is 29.1 Å². The van der Waals surface area contributed by atoms with Crippen molar-refractivity contribution in [3.05, 3.63) is 0 Å². The predicted molar refractivity (Wildman–Crippen MR) is 81.8 cm³/mol. The van der Waals surface area contributed by atoms with Crippen molar-refractivity contribution < 1.29 is 9.53 Å². The molecule has 1 rings (SSSR count). The number of hydrogen-bond acceptors (Lipinski definition) is 3. The van der Waals surface area contributed by atoms with Crippen LogP contribution < -0.4 is 5.32 Å². The predicted octanol–water partition coefficient (Wildman–Crippen LogP) is 2.03. The molecule has 1 saturated heterocycles. The van der Waals surface area contributed by atoms with E-state index in [1.807, 2.05) is 20.8 Å². The van der Waals surface area contributed by atoms with Crippen LogP contribution in [0.1, 0.15) is 47.5 Å². The highest BCUT2D eigenvalue weighted by Gasteiger charge is 2.33. The highest BCUT2D eigenvalue weighted by atomic mass is 16.6. The van der Waals surface area contributed by atoms with Gasteiger partial charge in [-0.1, -0.05) is 13.8 Å². The Kier molecular flexibility index (Phi) is 5.42. The zero-order valence-corrected chi connectivity index (χ0v) is 13.7. The van der Waals surface area contributed by atoms with Crippen LogP contribution in [0.5, 0.6) is 0 Å². The van der Waals surface area contributed by atoms with E-state index in [4.69, 9.17) is 4.74 Å². The summed E-state index contributed by atoms with van der Waals surface area (Å²) in [6, 6.07) is 0. The second-order valence-electron chi connectivity index (χ2n) is 6.82. The van der Waals surface area contributed by atoms with Gasteiger partial charge in [0, 0.05) is 20.1 Å². The molecule has 1 N–H and O–H groups in total. The Labute approximate surface area is 122 Å². The number of aliphatic imine (C=N–C) groups is 1. The lowest BCUT2D eigenvalue weighted by Gasteiger charge is -2.25. The average Bonchev–Trinajstić information content (AvgIpc) is 2.71. The van der Waals surface area contributed by atoms with Crippen LogP contribution in [0.4, 0.5) is 0 Å². The summed E-state index contributed by atoms with van der Waals surface area (Å²) in [6.07, 6.45) is 2.32. The van der Waals surface area contributed by atoms with Crippen LogP contribution in [0, 0.1) is 5.41 Å². The van der Waals surface area contributed by atoms with Gasteiger partial charge in [0.15, 0.2) is 5.96 Å². The third kappa shape index (κ3) is 5.02. The van der Waals surface area contributed by atoms with E-state index >= 15 is 0 Å². The minimum absolute atomic E-state index is 0.156. The number of likely N-dealkylation sites (tertiary alicyclic amines) is 1. The lowest BCUT2D eigenvalue weighted by Crippen LogP contribution is -2.44. The number of rotatable bonds is 3. The summed E-state index contributed by atoms with van der Waals surface area (Å²) in [5.41, 5.74) is -0.0970. The van der Waals surface area contributed by atoms with E-state index in [0.717, 1.165) is 31.9 Å². The van der Waals surface area contributed by atoms with Crippen molar-refractivity contribution in [3.8, 4) is 0 Å². The quantitative estimate of drug-likeness (QED) is 0.489. The van der Waals surface area contributed by atoms with Crippen LogP contribution >= 0.6 is 0 Å². The molecule has 1 unspecified atom stereocenters. The second-order valence-corrected chi connectivity index (χ2v) is 6.82. The maximum absolute atomic E-state index is 11.7. The molecule has 0 aromatic carbocycles. The number of nitrogens with zero attached hydrogens (tertiary/aromatic N) is 2. The zero-order chi connectivity index (χ0) is 15.4. The molecule has 1 atom stereocenters. The summed E-state index contributed by atoms with van der Waals surface area (Å²) >= 11 is 0. The van der Waals surface area contributed by atoms with Gasteiger partial charge in [-0.05, 0) is 39.0 Å². The zero-order valence-electron chi connectivity index (χ0n) is 13.7. The fraction of sp³-hybridized carbons (Fsp3) is 0.867. The Morgan fingerprint density at radius 3 is 2.55 bits per heavy atom. The van der Waals surface area contributed by atoms with Crippen LogP contribution in [0.2, 0.25) is 0 Å². The fourth-order valence-corrected chi connectivity index (χ4v) is 2.35. The molecule has 1 heterocycles. The van der Waals surface area contributed by atoms with Crippen molar-refractivity contribution in [1.82, 2.24) is 10.2 Å². The first-order valence-corrected chi connectivity index (χ1v) is 7.36. The van der Waals surface area contributed by atoms with E-state index in [1.54, 1.807) is 7.05 Å². The van der Waals surface area contributed by atoms with Crippen molar-refractivity contribution in [2.45, 2.75) is 53.1 Å². The molecular weight excluding hydrogens is 254 g/mol. The molecule has 1 fully saturated rings. The Morgan fingerprint density at radius 1 is 1.45 bits per heavy atom. The van der Waals surface area contributed by atoms with Gasteiger partial charge in [0.05, 0.1) is 0 Å². The molecule has 116 valence electrons. The molecular formula is C15H29N3O2. The number of carbonyl (C=O) groups is 1. The van der Waals surface area contributed by atoms with Crippen LogP contribution in [0.25, 0.3) is 0 Å². The molecule has 0 radical (unpaired) electrons. The van der Waals surface area contributed by atoms with Crippen molar-refractivity contribution in [3.63, 3.8) is 0 Å². The average molecular weight is 283 g/mol. The molecule has 20 heavy (non-hydrogen) atoms. The van der Waals surface area contributed by atoms with Gasteiger partial charge in [-0.15, -0.1) is 0 Å². The molecule has 0 bridgehead atoms. The normalized spacial score (nSPS) is 23.9. The first-order chi connectivity index (χ1) is 9.19. The Balaban J connectivity index is 2.48. The summed E-state index contributed by atoms with van der Waals surface area (Å²) in [4.78, 5) is 18.2. The van der Waals surface area contributed by atoms with E-state index in [9.17, 15) is 4.79 Å². The standard InChI is InChI=1S/C15H29N3O2/c1-7-15(5)8-9-18(11-15)13(16-6)17-10-12(19)20-14(2,3)4/h7-11H2,1-6H3,(H,16,17). The largest absolute Gasteiger partial charge is 0.459 e. The van der Waals surface area contributed by atoms with Gasteiger partial charge < -0.3 is 15.0 Å². The van der Waals surface area contributed by atoms with Crippen molar-refractivity contribution >= 4 is 11.9 Å². The van der Waals surface area contributed by atoms with Crippen LogP contribution in [-0.2, 0) is 9.53 Å². The van der Waals surface area contributed by atoms with Gasteiger partial charge in [0.2, 0.25) is 0 Å². The minimum Gasteiger partial charge on any atom is -0.459 e. The number of hydrogen-bond donors (Lipinski definition) is 1. The maximum Gasteiger partial charge on any atom is 0.325 e. The molecule has 0 aromatic rings. The maximum atomic E-state index is 11.7. The molecule has 0 aliphatic carbocycles. The molecule has 0 spiro atoms. The summed E-state index contributed by atoms with van der Waals surface area (Å²) in [7, 11) is 1.75. The van der Waals surface area contributed by atoms with Gasteiger partial charge in [-0.2, -0.15) is 0 Å². The van der Waals surface area contributed by atoms with E-state index in [1.165, 1.54) is 0 Å². The number of carbonyl (C=O) groups excluding carboxylic acids is 1. The third-order valence-corrected chi connectivity index (χ3v) is 3.73. The van der Waals surface area contributed by atoms with Crippen molar-refractivity contribution in [1.29, 1.82) is 0 Å². The molecule has 5 heteroatoms. The van der Waals surface area contributed by atoms with Gasteiger partial charge in [0.1, 0.15) is 12.1 Å². The smallest absolute Gasteiger partial charge is 0.325 e. The Bertz CT molecular complexity index is 374. The van der Waals surface area contributed by atoms with Gasteiger partial charge >= 0.3 is 5.97 Å². The highest BCUT2D eigenvalue weighted by molar-refractivity contribution is 5.84. The SMILES string of the molecule is CCC1(C)CCN(C(=NC)NCC(=O)OC(C)(C)C)C1. The number of guanidine groups is 1. The molecule has 5 nitrogen and oxygen atoms in total. The molecule has 1 aliphatic heterocycles. The summed E-state index contributed by atoms with van der Waals surface area (Å²) in [5.74, 6) is 0.532. The van der Waals surface area contributed by atoms with Crippen LogP contribution in [0.3, 0.4) is 0 Å². The number of esters is 1. The molecule has 0 aromatic heterocycles. The van der Waals surface area contributed by atoms with Crippen molar-refractivity contribution in [2.75, 3.05) is 26.7 Å². The van der Waals surface area contributed by atoms with Gasteiger partial charge in [0.25, 0.3) is 0 Å². The monoisotopic (exact) mass is 283 g/mol. The number of nitrogens with one attached hydrogen (secondary N) is 1.